The summed E-state index contributed by atoms with van der Waals surface area (Å²) in [5, 5.41) is 11.0. The number of aryl methyl sites for hydroxylation is 3. The minimum Gasteiger partial charge on any atom is -0.208 e. The Balaban J connectivity index is 1.09. The van der Waals surface area contributed by atoms with E-state index >= 15 is 0 Å². The highest BCUT2D eigenvalue weighted by Crippen LogP contribution is 2.33. The molecular formula is C60H45N3Si2. The second-order valence-electron chi connectivity index (χ2n) is 17.7. The number of rotatable bonds is 7. The van der Waals surface area contributed by atoms with Gasteiger partial charge < -0.3 is 0 Å². The second kappa shape index (κ2) is 15.3. The van der Waals surface area contributed by atoms with Gasteiger partial charge in [0.2, 0.25) is 0 Å². The summed E-state index contributed by atoms with van der Waals surface area (Å²) in [4.78, 5) is 16.3. The molecular weight excluding hydrogens is 819 g/mol. The number of benzene rings is 9. The third kappa shape index (κ3) is 5.89. The number of hydrogen-bond donors (Lipinski definition) is 0. The first kappa shape index (κ1) is 39.0. The minimum atomic E-state index is -2.76. The first-order valence-electron chi connectivity index (χ1n) is 22.5. The van der Waals surface area contributed by atoms with Gasteiger partial charge in [-0.25, -0.2) is 15.0 Å². The third-order valence-electron chi connectivity index (χ3n) is 14.0. The lowest BCUT2D eigenvalue weighted by Gasteiger charge is -2.31. The maximum atomic E-state index is 5.49. The van der Waals surface area contributed by atoms with E-state index < -0.39 is 16.1 Å². The summed E-state index contributed by atoms with van der Waals surface area (Å²) in [5.41, 5.74) is 11.8. The van der Waals surface area contributed by atoms with Crippen molar-refractivity contribution in [2.45, 2.75) is 20.8 Å². The Morgan fingerprint density at radius 3 is 1.00 bits per heavy atom. The molecule has 0 radical (unpaired) electrons. The van der Waals surface area contributed by atoms with E-state index in [2.05, 4.69) is 239 Å². The van der Waals surface area contributed by atoms with E-state index in [1.807, 2.05) is 0 Å². The summed E-state index contributed by atoms with van der Waals surface area (Å²) in [7, 11) is -5.51. The predicted molar refractivity (Wildman–Crippen MR) is 276 cm³/mol. The predicted octanol–water partition coefficient (Wildman–Crippen LogP) is 8.51. The molecule has 0 fully saturated rings. The fraction of sp³-hybridized carbons (Fsp3) is 0.0500. The fourth-order valence-electron chi connectivity index (χ4n) is 11.5. The molecule has 5 heteroatoms. The molecule has 9 aromatic carbocycles. The molecule has 2 aliphatic rings. The van der Waals surface area contributed by atoms with Crippen molar-refractivity contribution in [3.63, 3.8) is 0 Å². The summed E-state index contributed by atoms with van der Waals surface area (Å²) >= 11 is 0. The van der Waals surface area contributed by atoms with Crippen LogP contribution in [0.5, 0.6) is 0 Å². The van der Waals surface area contributed by atoms with Gasteiger partial charge >= 0.3 is 0 Å². The summed E-state index contributed by atoms with van der Waals surface area (Å²) in [5.74, 6) is 2.02. The average molecular weight is 864 g/mol. The molecule has 65 heavy (non-hydrogen) atoms. The van der Waals surface area contributed by atoms with Crippen molar-refractivity contribution < 1.29 is 0 Å². The van der Waals surface area contributed by atoms with Crippen LogP contribution in [-0.4, -0.2) is 31.1 Å². The molecule has 2 aliphatic heterocycles. The first-order chi connectivity index (χ1) is 32.0. The van der Waals surface area contributed by atoms with Crippen LogP contribution < -0.4 is 41.5 Å². The van der Waals surface area contributed by atoms with Gasteiger partial charge in [-0.05, 0) is 95.6 Å². The van der Waals surface area contributed by atoms with E-state index in [9.17, 15) is 0 Å². The maximum absolute atomic E-state index is 5.49. The van der Waals surface area contributed by atoms with Crippen LogP contribution in [0.15, 0.2) is 218 Å². The van der Waals surface area contributed by atoms with E-state index in [0.29, 0.717) is 17.5 Å². The number of hydrogen-bond acceptors (Lipinski definition) is 3. The van der Waals surface area contributed by atoms with Crippen molar-refractivity contribution in [2.75, 3.05) is 0 Å². The Kier molecular flexibility index (Phi) is 9.19. The van der Waals surface area contributed by atoms with Gasteiger partial charge in [0, 0.05) is 16.7 Å². The smallest absolute Gasteiger partial charge is 0.180 e. The summed E-state index contributed by atoms with van der Waals surface area (Å²) < 4.78 is 0. The molecule has 0 saturated heterocycles. The van der Waals surface area contributed by atoms with Gasteiger partial charge in [-0.2, -0.15) is 0 Å². The van der Waals surface area contributed by atoms with Gasteiger partial charge in [0.15, 0.2) is 33.6 Å². The van der Waals surface area contributed by atoms with Crippen molar-refractivity contribution in [2.24, 2.45) is 0 Å². The van der Waals surface area contributed by atoms with Crippen LogP contribution >= 0.6 is 0 Å². The van der Waals surface area contributed by atoms with E-state index in [-0.39, 0.29) is 0 Å². The second-order valence-corrected chi connectivity index (χ2v) is 25.1. The topological polar surface area (TPSA) is 38.7 Å². The molecule has 3 nitrogen and oxygen atoms in total. The Morgan fingerprint density at radius 1 is 0.292 bits per heavy atom. The molecule has 0 saturated carbocycles. The summed E-state index contributed by atoms with van der Waals surface area (Å²) in [6, 6.07) is 81.2. The molecule has 308 valence electrons. The van der Waals surface area contributed by atoms with Gasteiger partial charge in [0.25, 0.3) is 0 Å². The number of aromatic nitrogens is 3. The first-order valence-corrected chi connectivity index (χ1v) is 26.5. The summed E-state index contributed by atoms with van der Waals surface area (Å²) in [6.45, 7) is 6.50. The highest BCUT2D eigenvalue weighted by molar-refractivity contribution is 7.23. The molecule has 0 unspecified atom stereocenters. The zero-order chi connectivity index (χ0) is 43.7. The van der Waals surface area contributed by atoms with E-state index in [1.54, 1.807) is 0 Å². The molecule has 1 aromatic heterocycles. The van der Waals surface area contributed by atoms with Crippen molar-refractivity contribution >= 4 is 57.6 Å². The molecule has 0 aliphatic carbocycles. The Morgan fingerprint density at radius 2 is 0.615 bits per heavy atom. The van der Waals surface area contributed by atoms with Gasteiger partial charge in [0.05, 0.1) is 0 Å². The Labute approximate surface area is 382 Å². The van der Waals surface area contributed by atoms with Crippen LogP contribution in [0, 0.1) is 20.8 Å². The van der Waals surface area contributed by atoms with Crippen molar-refractivity contribution in [1.29, 1.82) is 0 Å². The van der Waals surface area contributed by atoms with E-state index in [4.69, 9.17) is 15.0 Å². The van der Waals surface area contributed by atoms with Crippen molar-refractivity contribution in [3.05, 3.63) is 235 Å². The van der Waals surface area contributed by atoms with E-state index in [0.717, 1.165) is 27.8 Å². The molecule has 3 heterocycles. The maximum Gasteiger partial charge on any atom is 0.180 e. The molecule has 0 N–H and O–H groups in total. The molecule has 12 rings (SSSR count). The van der Waals surface area contributed by atoms with Crippen molar-refractivity contribution in [1.82, 2.24) is 15.0 Å². The van der Waals surface area contributed by atoms with Gasteiger partial charge in [0.1, 0.15) is 0 Å². The standard InChI is InChI=1S/C60H45N3Si2/c1-40-36-41(2)57(42(3)37-40)60-62-58(43-20-18-26-47(38-43)64(45-22-6-4-7-23-45)53-32-14-10-28-49(53)50-29-11-15-33-54(50)64)61-59(63-60)44-21-19-27-48(39-44)65(46-24-8-5-9-25-46)55-34-16-12-30-51(55)52-31-13-17-35-56(52)65/h4-39H,1-3H3. The number of fused-ring (bicyclic) bond motifs is 6. The van der Waals surface area contributed by atoms with Crippen LogP contribution in [0.3, 0.4) is 0 Å². The fourth-order valence-corrected chi connectivity index (χ4v) is 21.9. The van der Waals surface area contributed by atoms with Gasteiger partial charge in [-0.3, -0.25) is 0 Å². The van der Waals surface area contributed by atoms with Crippen LogP contribution in [0.4, 0.5) is 0 Å². The SMILES string of the molecule is Cc1cc(C)c(-c2nc(-c3cccc([Si]4(c5ccccc5)c5ccccc5-c5ccccc54)c3)nc(-c3cccc([Si]4(c5ccccc5)c5ccccc5-c5ccccc54)c3)n2)c(C)c1. The van der Waals surface area contributed by atoms with Crippen LogP contribution in [0.1, 0.15) is 16.7 Å². The van der Waals surface area contributed by atoms with Crippen LogP contribution in [0.2, 0.25) is 0 Å². The third-order valence-corrected chi connectivity index (χ3v) is 23.7. The zero-order valence-electron chi connectivity index (χ0n) is 36.6. The lowest BCUT2D eigenvalue weighted by molar-refractivity contribution is 1.07. The summed E-state index contributed by atoms with van der Waals surface area (Å²) in [6.07, 6.45) is 0. The highest BCUT2D eigenvalue weighted by Gasteiger charge is 2.50. The van der Waals surface area contributed by atoms with Crippen LogP contribution in [0.25, 0.3) is 56.4 Å². The van der Waals surface area contributed by atoms with E-state index in [1.165, 1.54) is 69.3 Å². The van der Waals surface area contributed by atoms with Crippen LogP contribution in [-0.2, 0) is 0 Å². The quantitative estimate of drug-likeness (QED) is 0.151. The lowest BCUT2D eigenvalue weighted by Crippen LogP contribution is -2.72. The molecule has 10 aromatic rings. The molecule has 0 amide bonds. The van der Waals surface area contributed by atoms with Gasteiger partial charge in [-0.1, -0.05) is 224 Å². The zero-order valence-corrected chi connectivity index (χ0v) is 38.6. The highest BCUT2D eigenvalue weighted by atomic mass is 28.3. The van der Waals surface area contributed by atoms with Crippen molar-refractivity contribution in [3.8, 4) is 56.4 Å². The molecule has 0 atom stereocenters. The molecule has 0 bridgehead atoms. The number of nitrogens with zero attached hydrogens (tertiary/aromatic N) is 3. The largest absolute Gasteiger partial charge is 0.208 e. The van der Waals surface area contributed by atoms with Gasteiger partial charge in [-0.15, -0.1) is 0 Å². The lowest BCUT2D eigenvalue weighted by atomic mass is 9.99. The average Bonchev–Trinajstić information content (AvgIpc) is 3.83. The Hall–Kier alpha value is -7.58. The normalized spacial score (nSPS) is 13.7. The Bertz CT molecular complexity index is 3180. The minimum absolute atomic E-state index is 0.667. The molecule has 0 spiro atoms. The monoisotopic (exact) mass is 863 g/mol.